The van der Waals surface area contributed by atoms with Gasteiger partial charge in [-0.05, 0) is 38.8 Å². The number of nitrogens with one attached hydrogen (secondary N) is 1. The van der Waals surface area contributed by atoms with Gasteiger partial charge in [-0.15, -0.1) is 0 Å². The first kappa shape index (κ1) is 13.1. The van der Waals surface area contributed by atoms with Gasteiger partial charge in [0, 0.05) is 32.1 Å². The Labute approximate surface area is 98.2 Å². The maximum Gasteiger partial charge on any atom is 0.0746 e. The van der Waals surface area contributed by atoms with E-state index in [9.17, 15) is 0 Å². The standard InChI is InChI=1S/C13H22N2O/c1-10-6-12(8-15-11(10)2)7-14-9-13(3,4)16-5/h6,8,14H,7,9H2,1-5H3. The molecule has 0 radical (unpaired) electrons. The molecule has 0 bridgehead atoms. The van der Waals surface area contributed by atoms with Crippen LogP contribution < -0.4 is 5.32 Å². The monoisotopic (exact) mass is 222 g/mol. The molecule has 0 amide bonds. The van der Waals surface area contributed by atoms with Crippen molar-refractivity contribution in [3.8, 4) is 0 Å². The minimum Gasteiger partial charge on any atom is -0.377 e. The van der Waals surface area contributed by atoms with E-state index in [2.05, 4.69) is 37.1 Å². The molecule has 0 saturated heterocycles. The second-order valence-electron chi connectivity index (χ2n) is 4.81. The smallest absolute Gasteiger partial charge is 0.0746 e. The third-order valence-electron chi connectivity index (χ3n) is 2.83. The van der Waals surface area contributed by atoms with Gasteiger partial charge in [0.05, 0.1) is 5.60 Å². The molecule has 1 rings (SSSR count). The lowest BCUT2D eigenvalue weighted by Crippen LogP contribution is -2.36. The molecular weight excluding hydrogens is 200 g/mol. The highest BCUT2D eigenvalue weighted by Gasteiger charge is 2.14. The molecule has 3 nitrogen and oxygen atoms in total. The van der Waals surface area contributed by atoms with Crippen molar-refractivity contribution in [1.82, 2.24) is 10.3 Å². The maximum absolute atomic E-state index is 5.34. The summed E-state index contributed by atoms with van der Waals surface area (Å²) in [6, 6.07) is 2.18. The number of nitrogens with zero attached hydrogens (tertiary/aromatic N) is 1. The summed E-state index contributed by atoms with van der Waals surface area (Å²) < 4.78 is 5.34. The average Bonchev–Trinajstić information content (AvgIpc) is 2.23. The summed E-state index contributed by atoms with van der Waals surface area (Å²) in [5, 5.41) is 3.37. The fourth-order valence-corrected chi connectivity index (χ4v) is 1.38. The van der Waals surface area contributed by atoms with E-state index in [1.54, 1.807) is 7.11 Å². The normalized spacial score (nSPS) is 11.8. The van der Waals surface area contributed by atoms with Gasteiger partial charge in [-0.3, -0.25) is 4.98 Å². The number of hydrogen-bond acceptors (Lipinski definition) is 3. The Balaban J connectivity index is 2.46. The van der Waals surface area contributed by atoms with Crippen molar-refractivity contribution in [1.29, 1.82) is 0 Å². The van der Waals surface area contributed by atoms with Gasteiger partial charge >= 0.3 is 0 Å². The molecule has 0 atom stereocenters. The largest absolute Gasteiger partial charge is 0.377 e. The highest BCUT2D eigenvalue weighted by molar-refractivity contribution is 5.22. The summed E-state index contributed by atoms with van der Waals surface area (Å²) in [7, 11) is 1.74. The summed E-state index contributed by atoms with van der Waals surface area (Å²) in [4.78, 5) is 4.34. The molecular formula is C13H22N2O. The fraction of sp³-hybridized carbons (Fsp3) is 0.615. The van der Waals surface area contributed by atoms with E-state index >= 15 is 0 Å². The first-order valence-electron chi connectivity index (χ1n) is 5.62. The number of ether oxygens (including phenoxy) is 1. The molecule has 16 heavy (non-hydrogen) atoms. The summed E-state index contributed by atoms with van der Waals surface area (Å²) in [5.74, 6) is 0. The van der Waals surface area contributed by atoms with Crippen LogP contribution in [0.25, 0.3) is 0 Å². The SMILES string of the molecule is COC(C)(C)CNCc1cnc(C)c(C)c1. The lowest BCUT2D eigenvalue weighted by molar-refractivity contribution is 0.0230. The number of aryl methyl sites for hydroxylation is 2. The van der Waals surface area contributed by atoms with Crippen LogP contribution in [0.3, 0.4) is 0 Å². The summed E-state index contributed by atoms with van der Waals surface area (Å²) >= 11 is 0. The fourth-order valence-electron chi connectivity index (χ4n) is 1.38. The molecule has 1 aromatic rings. The second kappa shape index (κ2) is 5.41. The topological polar surface area (TPSA) is 34.1 Å². The van der Waals surface area contributed by atoms with Gasteiger partial charge in [0.25, 0.3) is 0 Å². The van der Waals surface area contributed by atoms with Gasteiger partial charge in [-0.25, -0.2) is 0 Å². The zero-order valence-electron chi connectivity index (χ0n) is 10.9. The lowest BCUT2D eigenvalue weighted by Gasteiger charge is -2.23. The molecule has 0 unspecified atom stereocenters. The van der Waals surface area contributed by atoms with Crippen LogP contribution in [0.2, 0.25) is 0 Å². The van der Waals surface area contributed by atoms with E-state index in [0.717, 1.165) is 18.8 Å². The minimum atomic E-state index is -0.118. The van der Waals surface area contributed by atoms with Crippen LogP contribution in [0.1, 0.15) is 30.7 Å². The molecule has 0 aliphatic heterocycles. The maximum atomic E-state index is 5.34. The van der Waals surface area contributed by atoms with Crippen LogP contribution in [0, 0.1) is 13.8 Å². The van der Waals surface area contributed by atoms with Crippen molar-refractivity contribution >= 4 is 0 Å². The third-order valence-corrected chi connectivity index (χ3v) is 2.83. The molecule has 3 heteroatoms. The van der Waals surface area contributed by atoms with Crippen molar-refractivity contribution < 1.29 is 4.74 Å². The Morgan fingerprint density at radius 1 is 1.38 bits per heavy atom. The molecule has 0 fully saturated rings. The van der Waals surface area contributed by atoms with E-state index in [-0.39, 0.29) is 5.60 Å². The first-order valence-corrected chi connectivity index (χ1v) is 5.62. The number of aromatic nitrogens is 1. The van der Waals surface area contributed by atoms with Gasteiger partial charge in [-0.1, -0.05) is 6.07 Å². The number of rotatable bonds is 5. The van der Waals surface area contributed by atoms with Crippen LogP contribution in [0.15, 0.2) is 12.3 Å². The zero-order valence-corrected chi connectivity index (χ0v) is 10.9. The highest BCUT2D eigenvalue weighted by atomic mass is 16.5. The third kappa shape index (κ3) is 3.91. The van der Waals surface area contributed by atoms with E-state index in [0.29, 0.717) is 0 Å². The number of pyridine rings is 1. The number of methoxy groups -OCH3 is 1. The van der Waals surface area contributed by atoms with E-state index in [1.807, 2.05) is 13.1 Å². The van der Waals surface area contributed by atoms with Crippen molar-refractivity contribution in [3.63, 3.8) is 0 Å². The van der Waals surface area contributed by atoms with E-state index < -0.39 is 0 Å². The summed E-state index contributed by atoms with van der Waals surface area (Å²) in [5.41, 5.74) is 3.44. The quantitative estimate of drug-likeness (QED) is 0.829. The predicted molar refractivity (Wildman–Crippen MR) is 66.5 cm³/mol. The van der Waals surface area contributed by atoms with E-state index in [4.69, 9.17) is 4.74 Å². The van der Waals surface area contributed by atoms with Crippen molar-refractivity contribution in [2.24, 2.45) is 0 Å². The Morgan fingerprint density at radius 2 is 2.06 bits per heavy atom. The molecule has 0 spiro atoms. The lowest BCUT2D eigenvalue weighted by atomic mass is 10.1. The van der Waals surface area contributed by atoms with Crippen LogP contribution in [0.5, 0.6) is 0 Å². The molecule has 1 heterocycles. The molecule has 0 aromatic carbocycles. The van der Waals surface area contributed by atoms with Gasteiger partial charge in [0.15, 0.2) is 0 Å². The summed E-state index contributed by atoms with van der Waals surface area (Å²) in [6.07, 6.45) is 1.93. The second-order valence-corrected chi connectivity index (χ2v) is 4.81. The van der Waals surface area contributed by atoms with Crippen LogP contribution in [-0.4, -0.2) is 24.2 Å². The Kier molecular flexibility index (Phi) is 4.44. The first-order chi connectivity index (χ1) is 7.44. The van der Waals surface area contributed by atoms with E-state index in [1.165, 1.54) is 11.1 Å². The molecule has 0 saturated carbocycles. The van der Waals surface area contributed by atoms with Crippen molar-refractivity contribution in [2.75, 3.05) is 13.7 Å². The van der Waals surface area contributed by atoms with Crippen molar-refractivity contribution in [2.45, 2.75) is 39.8 Å². The Morgan fingerprint density at radius 3 is 2.62 bits per heavy atom. The molecule has 90 valence electrons. The van der Waals surface area contributed by atoms with Gasteiger partial charge in [0.2, 0.25) is 0 Å². The average molecular weight is 222 g/mol. The van der Waals surface area contributed by atoms with Gasteiger partial charge < -0.3 is 10.1 Å². The van der Waals surface area contributed by atoms with Gasteiger partial charge in [-0.2, -0.15) is 0 Å². The molecule has 1 N–H and O–H groups in total. The molecule has 0 aliphatic rings. The molecule has 1 aromatic heterocycles. The Bertz CT molecular complexity index is 348. The number of hydrogen-bond donors (Lipinski definition) is 1. The van der Waals surface area contributed by atoms with Crippen molar-refractivity contribution in [3.05, 3.63) is 29.1 Å². The van der Waals surface area contributed by atoms with Crippen LogP contribution in [-0.2, 0) is 11.3 Å². The predicted octanol–water partition coefficient (Wildman–Crippen LogP) is 2.21. The molecule has 0 aliphatic carbocycles. The van der Waals surface area contributed by atoms with Crippen LogP contribution >= 0.6 is 0 Å². The minimum absolute atomic E-state index is 0.118. The van der Waals surface area contributed by atoms with Gasteiger partial charge in [0.1, 0.15) is 0 Å². The highest BCUT2D eigenvalue weighted by Crippen LogP contribution is 2.08. The Hall–Kier alpha value is -0.930. The zero-order chi connectivity index (χ0) is 12.2. The van der Waals surface area contributed by atoms with Crippen LogP contribution in [0.4, 0.5) is 0 Å². The summed E-state index contributed by atoms with van der Waals surface area (Å²) in [6.45, 7) is 9.92.